The molecule has 146 valence electrons. The van der Waals surface area contributed by atoms with E-state index in [1.165, 1.54) is 12.1 Å². The number of carbonyl (C=O) groups excluding carboxylic acids is 2. The standard InChI is InChI=1S/C23H20FN3O2/c24-19-8-6-16(7-9-19)12-22(28)26-21-14-20(10-11-25-21)27-15-18(13-23(27)29)17-4-2-1-3-5-17/h1-11,14,18H,12-13,15H2,(H,25,26,28). The molecule has 0 bridgehead atoms. The van der Waals surface area contributed by atoms with Crippen molar-refractivity contribution in [3.8, 4) is 0 Å². The number of aromatic nitrogens is 1. The second-order valence-corrected chi connectivity index (χ2v) is 7.07. The Morgan fingerprint density at radius 3 is 2.62 bits per heavy atom. The average molecular weight is 389 g/mol. The zero-order chi connectivity index (χ0) is 20.2. The second kappa shape index (κ2) is 8.22. The molecule has 2 aromatic carbocycles. The highest BCUT2D eigenvalue weighted by Gasteiger charge is 2.31. The van der Waals surface area contributed by atoms with Gasteiger partial charge in [0.15, 0.2) is 0 Å². The Bertz CT molecular complexity index is 1020. The predicted molar refractivity (Wildman–Crippen MR) is 109 cm³/mol. The molecule has 1 fully saturated rings. The highest BCUT2D eigenvalue weighted by molar-refractivity contribution is 5.97. The Balaban J connectivity index is 1.44. The molecular weight excluding hydrogens is 369 g/mol. The summed E-state index contributed by atoms with van der Waals surface area (Å²) in [5.41, 5.74) is 2.56. The number of rotatable bonds is 5. The van der Waals surface area contributed by atoms with Gasteiger partial charge in [-0.1, -0.05) is 42.5 Å². The van der Waals surface area contributed by atoms with E-state index in [1.807, 2.05) is 30.3 Å². The summed E-state index contributed by atoms with van der Waals surface area (Å²) in [5.74, 6) is -0.0172. The van der Waals surface area contributed by atoms with E-state index in [4.69, 9.17) is 0 Å². The van der Waals surface area contributed by atoms with Gasteiger partial charge in [0.25, 0.3) is 0 Å². The lowest BCUT2D eigenvalue weighted by molar-refractivity contribution is -0.117. The van der Waals surface area contributed by atoms with Gasteiger partial charge in [-0.15, -0.1) is 0 Å². The van der Waals surface area contributed by atoms with Crippen LogP contribution < -0.4 is 10.2 Å². The van der Waals surface area contributed by atoms with Crippen molar-refractivity contribution in [2.75, 3.05) is 16.8 Å². The molecular formula is C23H20FN3O2. The Labute approximate surface area is 168 Å². The van der Waals surface area contributed by atoms with Crippen molar-refractivity contribution in [3.63, 3.8) is 0 Å². The van der Waals surface area contributed by atoms with E-state index in [0.29, 0.717) is 30.0 Å². The minimum Gasteiger partial charge on any atom is -0.312 e. The fraction of sp³-hybridized carbons (Fsp3) is 0.174. The lowest BCUT2D eigenvalue weighted by Gasteiger charge is -2.17. The molecule has 5 nitrogen and oxygen atoms in total. The van der Waals surface area contributed by atoms with Crippen LogP contribution in [0.2, 0.25) is 0 Å². The molecule has 1 aliphatic heterocycles. The first-order valence-corrected chi connectivity index (χ1v) is 9.44. The SMILES string of the molecule is O=C(Cc1ccc(F)cc1)Nc1cc(N2CC(c3ccccc3)CC2=O)ccn1. The monoisotopic (exact) mass is 389 g/mol. The van der Waals surface area contributed by atoms with Gasteiger partial charge in [0.2, 0.25) is 11.8 Å². The van der Waals surface area contributed by atoms with Crippen LogP contribution in [0.5, 0.6) is 0 Å². The first-order valence-electron chi connectivity index (χ1n) is 9.44. The van der Waals surface area contributed by atoms with Gasteiger partial charge < -0.3 is 10.2 Å². The van der Waals surface area contributed by atoms with Gasteiger partial charge in [0.1, 0.15) is 11.6 Å². The third-order valence-electron chi connectivity index (χ3n) is 5.00. The van der Waals surface area contributed by atoms with Gasteiger partial charge >= 0.3 is 0 Å². The van der Waals surface area contributed by atoms with E-state index < -0.39 is 0 Å². The molecule has 1 saturated heterocycles. The molecule has 1 N–H and O–H groups in total. The summed E-state index contributed by atoms with van der Waals surface area (Å²) in [6.45, 7) is 0.593. The zero-order valence-corrected chi connectivity index (χ0v) is 15.7. The van der Waals surface area contributed by atoms with Crippen LogP contribution in [-0.4, -0.2) is 23.3 Å². The minimum absolute atomic E-state index is 0.0497. The van der Waals surface area contributed by atoms with Crippen LogP contribution in [0, 0.1) is 5.82 Å². The molecule has 6 heteroatoms. The van der Waals surface area contributed by atoms with Crippen molar-refractivity contribution >= 4 is 23.3 Å². The number of amides is 2. The fourth-order valence-corrected chi connectivity index (χ4v) is 3.54. The molecule has 1 aliphatic rings. The molecule has 0 spiro atoms. The van der Waals surface area contributed by atoms with Crippen LogP contribution in [0.1, 0.15) is 23.5 Å². The highest BCUT2D eigenvalue weighted by atomic mass is 19.1. The number of hydrogen-bond acceptors (Lipinski definition) is 3. The van der Waals surface area contributed by atoms with Crippen LogP contribution in [0.3, 0.4) is 0 Å². The van der Waals surface area contributed by atoms with E-state index in [2.05, 4.69) is 10.3 Å². The molecule has 0 saturated carbocycles. The lowest BCUT2D eigenvalue weighted by Crippen LogP contribution is -2.24. The van der Waals surface area contributed by atoms with Gasteiger partial charge in [-0.25, -0.2) is 9.37 Å². The average Bonchev–Trinajstić information content (AvgIpc) is 3.12. The second-order valence-electron chi connectivity index (χ2n) is 7.07. The number of hydrogen-bond donors (Lipinski definition) is 1. The largest absolute Gasteiger partial charge is 0.312 e. The summed E-state index contributed by atoms with van der Waals surface area (Å²) in [6, 6.07) is 19.2. The Hall–Kier alpha value is -3.54. The summed E-state index contributed by atoms with van der Waals surface area (Å²) in [6.07, 6.45) is 2.15. The quantitative estimate of drug-likeness (QED) is 0.719. The fourth-order valence-electron chi connectivity index (χ4n) is 3.54. The van der Waals surface area contributed by atoms with E-state index in [-0.39, 0.29) is 30.0 Å². The maximum Gasteiger partial charge on any atom is 0.229 e. The van der Waals surface area contributed by atoms with Crippen molar-refractivity contribution in [3.05, 3.63) is 89.9 Å². The van der Waals surface area contributed by atoms with Crippen LogP contribution in [0.25, 0.3) is 0 Å². The highest BCUT2D eigenvalue weighted by Crippen LogP contribution is 2.32. The number of benzene rings is 2. The van der Waals surface area contributed by atoms with E-state index >= 15 is 0 Å². The normalized spacial score (nSPS) is 16.1. The lowest BCUT2D eigenvalue weighted by atomic mass is 9.99. The Kier molecular flexibility index (Phi) is 5.33. The Morgan fingerprint density at radius 2 is 1.86 bits per heavy atom. The maximum atomic E-state index is 13.0. The third kappa shape index (κ3) is 4.48. The zero-order valence-electron chi connectivity index (χ0n) is 15.7. The summed E-state index contributed by atoms with van der Waals surface area (Å²) in [7, 11) is 0. The maximum absolute atomic E-state index is 13.0. The number of nitrogens with zero attached hydrogens (tertiary/aromatic N) is 2. The molecule has 1 aromatic heterocycles. The predicted octanol–water partition coefficient (Wildman–Crippen LogP) is 3.92. The van der Waals surface area contributed by atoms with Crippen LogP contribution >= 0.6 is 0 Å². The van der Waals surface area contributed by atoms with Crippen molar-refractivity contribution in [2.24, 2.45) is 0 Å². The molecule has 4 rings (SSSR count). The van der Waals surface area contributed by atoms with E-state index in [0.717, 1.165) is 5.56 Å². The number of anilines is 2. The minimum atomic E-state index is -0.340. The van der Waals surface area contributed by atoms with Crippen molar-refractivity contribution < 1.29 is 14.0 Å². The van der Waals surface area contributed by atoms with E-state index in [9.17, 15) is 14.0 Å². The van der Waals surface area contributed by atoms with Crippen LogP contribution in [0.15, 0.2) is 72.9 Å². The molecule has 3 aromatic rings. The first-order chi connectivity index (χ1) is 14.1. The van der Waals surface area contributed by atoms with Gasteiger partial charge in [-0.05, 0) is 29.3 Å². The number of pyridine rings is 1. The Morgan fingerprint density at radius 1 is 1.10 bits per heavy atom. The van der Waals surface area contributed by atoms with Gasteiger partial charge in [0, 0.05) is 36.8 Å². The molecule has 1 atom stereocenters. The summed E-state index contributed by atoms with van der Waals surface area (Å²) in [5, 5.41) is 2.74. The van der Waals surface area contributed by atoms with Crippen LogP contribution in [0.4, 0.5) is 15.9 Å². The number of halogens is 1. The van der Waals surface area contributed by atoms with Gasteiger partial charge in [0.05, 0.1) is 6.42 Å². The van der Waals surface area contributed by atoms with Crippen LogP contribution in [-0.2, 0) is 16.0 Å². The molecule has 0 aliphatic carbocycles. The molecule has 2 heterocycles. The smallest absolute Gasteiger partial charge is 0.229 e. The van der Waals surface area contributed by atoms with Crippen molar-refractivity contribution in [1.29, 1.82) is 0 Å². The number of nitrogens with one attached hydrogen (secondary N) is 1. The van der Waals surface area contributed by atoms with Crippen molar-refractivity contribution in [2.45, 2.75) is 18.8 Å². The summed E-state index contributed by atoms with van der Waals surface area (Å²) >= 11 is 0. The number of carbonyl (C=O) groups is 2. The summed E-state index contributed by atoms with van der Waals surface area (Å²) in [4.78, 5) is 30.7. The van der Waals surface area contributed by atoms with Crippen molar-refractivity contribution in [1.82, 2.24) is 4.98 Å². The first kappa shape index (κ1) is 18.8. The van der Waals surface area contributed by atoms with E-state index in [1.54, 1.807) is 35.4 Å². The van der Waals surface area contributed by atoms with Gasteiger partial charge in [-0.3, -0.25) is 9.59 Å². The third-order valence-corrected chi connectivity index (χ3v) is 5.00. The molecule has 0 radical (unpaired) electrons. The summed E-state index contributed by atoms with van der Waals surface area (Å²) < 4.78 is 13.0. The topological polar surface area (TPSA) is 62.3 Å². The molecule has 29 heavy (non-hydrogen) atoms. The van der Waals surface area contributed by atoms with Gasteiger partial charge in [-0.2, -0.15) is 0 Å². The molecule has 1 unspecified atom stereocenters. The molecule has 2 amide bonds.